The van der Waals surface area contributed by atoms with Gasteiger partial charge in [-0.3, -0.25) is 9.59 Å². The van der Waals surface area contributed by atoms with E-state index < -0.39 is 17.8 Å². The number of carbonyl (C=O) groups excluding carboxylic acids is 2. The van der Waals surface area contributed by atoms with E-state index in [1.807, 2.05) is 27.7 Å². The van der Waals surface area contributed by atoms with Crippen LogP contribution in [0.25, 0.3) is 0 Å². The largest absolute Gasteiger partial charge is 0.417 e. The molecule has 0 saturated heterocycles. The van der Waals surface area contributed by atoms with E-state index in [9.17, 15) is 22.8 Å². The van der Waals surface area contributed by atoms with Crippen molar-refractivity contribution in [1.29, 1.82) is 0 Å². The van der Waals surface area contributed by atoms with Gasteiger partial charge in [-0.2, -0.15) is 13.2 Å². The molecular formula is C18H27F3N4O2. The molecule has 0 fully saturated rings. The van der Waals surface area contributed by atoms with Crippen LogP contribution < -0.4 is 16.0 Å². The molecule has 0 spiro atoms. The lowest BCUT2D eigenvalue weighted by molar-refractivity contribution is -0.137. The third-order valence-electron chi connectivity index (χ3n) is 3.68. The summed E-state index contributed by atoms with van der Waals surface area (Å²) in [7, 11) is 0. The topological polar surface area (TPSA) is 83.1 Å². The van der Waals surface area contributed by atoms with Gasteiger partial charge in [0.2, 0.25) is 11.8 Å². The predicted molar refractivity (Wildman–Crippen MR) is 97.0 cm³/mol. The molecule has 1 rings (SSSR count). The summed E-state index contributed by atoms with van der Waals surface area (Å²) in [5, 5.41) is 8.27. The Morgan fingerprint density at radius 3 is 2.26 bits per heavy atom. The van der Waals surface area contributed by atoms with Crippen molar-refractivity contribution in [2.45, 2.75) is 46.3 Å². The van der Waals surface area contributed by atoms with E-state index in [2.05, 4.69) is 20.9 Å². The minimum Gasteiger partial charge on any atom is -0.368 e. The molecular weight excluding hydrogens is 361 g/mol. The van der Waals surface area contributed by atoms with Gasteiger partial charge < -0.3 is 16.0 Å². The van der Waals surface area contributed by atoms with Crippen LogP contribution >= 0.6 is 0 Å². The third-order valence-corrected chi connectivity index (χ3v) is 3.68. The molecule has 152 valence electrons. The molecule has 0 aromatic carbocycles. The SMILES string of the molecule is CC(C)CC(=O)NC(C(=O)NCCNc1ccc(C(F)(F)F)cn1)C(C)C. The van der Waals surface area contributed by atoms with Gasteiger partial charge in [0.1, 0.15) is 11.9 Å². The van der Waals surface area contributed by atoms with E-state index in [1.165, 1.54) is 6.07 Å². The van der Waals surface area contributed by atoms with Gasteiger partial charge in [-0.25, -0.2) is 4.98 Å². The first-order valence-electron chi connectivity index (χ1n) is 8.85. The summed E-state index contributed by atoms with van der Waals surface area (Å²) >= 11 is 0. The molecule has 0 radical (unpaired) electrons. The van der Waals surface area contributed by atoms with Crippen molar-refractivity contribution in [1.82, 2.24) is 15.6 Å². The zero-order chi connectivity index (χ0) is 20.6. The monoisotopic (exact) mass is 388 g/mol. The molecule has 1 atom stereocenters. The highest BCUT2D eigenvalue weighted by Gasteiger charge is 2.30. The number of halogens is 3. The lowest BCUT2D eigenvalue weighted by atomic mass is 10.0. The minimum atomic E-state index is -4.43. The van der Waals surface area contributed by atoms with Crippen LogP contribution in [-0.4, -0.2) is 35.9 Å². The molecule has 27 heavy (non-hydrogen) atoms. The molecule has 6 nitrogen and oxygen atoms in total. The highest BCUT2D eigenvalue weighted by molar-refractivity contribution is 5.87. The predicted octanol–water partition coefficient (Wildman–Crippen LogP) is 2.82. The number of nitrogens with one attached hydrogen (secondary N) is 3. The summed E-state index contributed by atoms with van der Waals surface area (Å²) in [6, 6.07) is 1.53. The molecule has 1 unspecified atom stereocenters. The number of hydrogen-bond acceptors (Lipinski definition) is 4. The summed E-state index contributed by atoms with van der Waals surface area (Å²) in [6.45, 7) is 8.05. The van der Waals surface area contributed by atoms with Crippen LogP contribution in [0.15, 0.2) is 18.3 Å². The van der Waals surface area contributed by atoms with Crippen LogP contribution in [0, 0.1) is 11.8 Å². The van der Waals surface area contributed by atoms with Crippen molar-refractivity contribution in [3.8, 4) is 0 Å². The fraction of sp³-hybridized carbons (Fsp3) is 0.611. The Morgan fingerprint density at radius 1 is 1.11 bits per heavy atom. The van der Waals surface area contributed by atoms with Crippen molar-refractivity contribution in [3.63, 3.8) is 0 Å². The average Bonchev–Trinajstić information content (AvgIpc) is 2.55. The molecule has 0 bridgehead atoms. The van der Waals surface area contributed by atoms with Gasteiger partial charge in [-0.05, 0) is 24.0 Å². The van der Waals surface area contributed by atoms with Crippen molar-refractivity contribution in [2.24, 2.45) is 11.8 Å². The summed E-state index contributed by atoms with van der Waals surface area (Å²) in [5.74, 6) is -0.0786. The molecule has 0 aliphatic rings. The number of nitrogens with zero attached hydrogens (tertiary/aromatic N) is 1. The minimum absolute atomic E-state index is 0.0781. The Bertz CT molecular complexity index is 616. The number of anilines is 1. The van der Waals surface area contributed by atoms with Gasteiger partial charge in [0.05, 0.1) is 5.56 Å². The molecule has 3 N–H and O–H groups in total. The molecule has 1 aromatic rings. The standard InChI is InChI=1S/C18H27F3N4O2/c1-11(2)9-15(26)25-16(12(3)4)17(27)23-8-7-22-14-6-5-13(10-24-14)18(19,20)21/h5-6,10-12,16H,7-9H2,1-4H3,(H,22,24)(H,23,27)(H,25,26). The van der Waals surface area contributed by atoms with E-state index in [1.54, 1.807) is 0 Å². The smallest absolute Gasteiger partial charge is 0.368 e. The quantitative estimate of drug-likeness (QED) is 0.568. The fourth-order valence-corrected chi connectivity index (χ4v) is 2.29. The maximum absolute atomic E-state index is 12.5. The van der Waals surface area contributed by atoms with E-state index in [-0.39, 0.29) is 42.6 Å². The number of pyridine rings is 1. The molecule has 0 aliphatic heterocycles. The summed E-state index contributed by atoms with van der Waals surface area (Å²) in [4.78, 5) is 27.9. The normalized spacial score (nSPS) is 12.8. The fourth-order valence-electron chi connectivity index (χ4n) is 2.29. The highest BCUT2D eigenvalue weighted by Crippen LogP contribution is 2.28. The summed E-state index contributed by atoms with van der Waals surface area (Å²) < 4.78 is 37.4. The van der Waals surface area contributed by atoms with Crippen LogP contribution in [0.5, 0.6) is 0 Å². The van der Waals surface area contributed by atoms with Gasteiger partial charge in [0.25, 0.3) is 0 Å². The molecule has 2 amide bonds. The Balaban J connectivity index is 2.44. The van der Waals surface area contributed by atoms with Gasteiger partial charge >= 0.3 is 6.18 Å². The number of carbonyl (C=O) groups is 2. The van der Waals surface area contributed by atoms with Gasteiger partial charge in [-0.1, -0.05) is 27.7 Å². The van der Waals surface area contributed by atoms with E-state index in [0.717, 1.165) is 12.3 Å². The van der Waals surface area contributed by atoms with Gasteiger partial charge in [0, 0.05) is 25.7 Å². The summed E-state index contributed by atoms with van der Waals surface area (Å²) in [6.07, 6.45) is -3.33. The van der Waals surface area contributed by atoms with Crippen molar-refractivity contribution < 1.29 is 22.8 Å². The Labute approximate surface area is 157 Å². The van der Waals surface area contributed by atoms with Gasteiger partial charge in [0.15, 0.2) is 0 Å². The van der Waals surface area contributed by atoms with Crippen LogP contribution in [0.4, 0.5) is 19.0 Å². The first-order valence-corrected chi connectivity index (χ1v) is 8.85. The molecule has 1 heterocycles. The molecule has 0 saturated carbocycles. The number of aromatic nitrogens is 1. The summed E-state index contributed by atoms with van der Waals surface area (Å²) in [5.41, 5.74) is -0.821. The van der Waals surface area contributed by atoms with Crippen LogP contribution in [0.2, 0.25) is 0 Å². The number of rotatable bonds is 9. The first-order chi connectivity index (χ1) is 12.5. The van der Waals surface area contributed by atoms with Crippen LogP contribution in [-0.2, 0) is 15.8 Å². The zero-order valence-electron chi connectivity index (χ0n) is 16.0. The van der Waals surface area contributed by atoms with Crippen molar-refractivity contribution >= 4 is 17.6 Å². The third kappa shape index (κ3) is 8.27. The molecule has 9 heteroatoms. The van der Waals surface area contributed by atoms with Crippen LogP contribution in [0.1, 0.15) is 39.7 Å². The Hall–Kier alpha value is -2.32. The first kappa shape index (κ1) is 22.7. The Morgan fingerprint density at radius 2 is 1.78 bits per heavy atom. The molecule has 0 aliphatic carbocycles. The van der Waals surface area contributed by atoms with Crippen molar-refractivity contribution in [3.05, 3.63) is 23.9 Å². The van der Waals surface area contributed by atoms with Crippen molar-refractivity contribution in [2.75, 3.05) is 18.4 Å². The van der Waals surface area contributed by atoms with E-state index in [4.69, 9.17) is 0 Å². The second-order valence-electron chi connectivity index (χ2n) is 7.03. The van der Waals surface area contributed by atoms with E-state index in [0.29, 0.717) is 6.42 Å². The maximum atomic E-state index is 12.5. The second kappa shape index (κ2) is 10.1. The second-order valence-corrected chi connectivity index (χ2v) is 7.03. The molecule has 1 aromatic heterocycles. The number of hydrogen-bond donors (Lipinski definition) is 3. The van der Waals surface area contributed by atoms with Crippen LogP contribution in [0.3, 0.4) is 0 Å². The average molecular weight is 388 g/mol. The zero-order valence-corrected chi connectivity index (χ0v) is 16.0. The maximum Gasteiger partial charge on any atom is 0.417 e. The lowest BCUT2D eigenvalue weighted by Crippen LogP contribution is -2.50. The highest BCUT2D eigenvalue weighted by atomic mass is 19.4. The Kier molecular flexibility index (Phi) is 8.52. The number of alkyl halides is 3. The number of amides is 2. The van der Waals surface area contributed by atoms with E-state index >= 15 is 0 Å². The van der Waals surface area contributed by atoms with Gasteiger partial charge in [-0.15, -0.1) is 0 Å². The lowest BCUT2D eigenvalue weighted by Gasteiger charge is -2.22.